The zero-order valence-electron chi connectivity index (χ0n) is 12.0. The van der Waals surface area contributed by atoms with E-state index in [4.69, 9.17) is 16.3 Å². The summed E-state index contributed by atoms with van der Waals surface area (Å²) in [6, 6.07) is 5.31. The number of hydrogen-bond acceptors (Lipinski definition) is 3. The van der Waals surface area contributed by atoms with E-state index >= 15 is 0 Å². The van der Waals surface area contributed by atoms with Crippen LogP contribution in [0.4, 0.5) is 17.6 Å². The lowest BCUT2D eigenvalue weighted by molar-refractivity contribution is -0.140. The Balaban J connectivity index is 1.90. The predicted molar refractivity (Wildman–Crippen MR) is 77.6 cm³/mol. The molecule has 1 aromatic heterocycles. The van der Waals surface area contributed by atoms with Gasteiger partial charge in [0.1, 0.15) is 22.8 Å². The van der Waals surface area contributed by atoms with Crippen LogP contribution < -0.4 is 4.74 Å². The Morgan fingerprint density at radius 2 is 1.96 bits per heavy atom. The summed E-state index contributed by atoms with van der Waals surface area (Å²) >= 11 is 5.83. The molecule has 3 rings (SSSR count). The first-order valence-electron chi connectivity index (χ1n) is 6.99. The van der Waals surface area contributed by atoms with Crippen molar-refractivity contribution in [2.45, 2.75) is 25.1 Å². The fourth-order valence-corrected chi connectivity index (χ4v) is 2.70. The van der Waals surface area contributed by atoms with Crippen LogP contribution in [0.25, 0.3) is 0 Å². The monoisotopic (exact) mass is 359 g/mol. The van der Waals surface area contributed by atoms with Gasteiger partial charge < -0.3 is 4.74 Å². The van der Waals surface area contributed by atoms with Crippen molar-refractivity contribution in [2.75, 3.05) is 0 Å². The molecule has 1 aliphatic carbocycles. The van der Waals surface area contributed by atoms with Crippen molar-refractivity contribution in [1.29, 1.82) is 0 Å². The number of fused-ring (bicyclic) bond motifs is 1. The molecule has 0 saturated heterocycles. The number of rotatable bonds is 2. The van der Waals surface area contributed by atoms with Crippen LogP contribution in [0.2, 0.25) is 5.15 Å². The second-order valence-electron chi connectivity index (χ2n) is 5.27. The number of ether oxygens (including phenoxy) is 1. The number of alkyl halides is 3. The van der Waals surface area contributed by atoms with Crippen LogP contribution >= 0.6 is 11.6 Å². The minimum absolute atomic E-state index is 0.0763. The van der Waals surface area contributed by atoms with E-state index in [2.05, 4.69) is 4.98 Å². The highest BCUT2D eigenvalue weighted by Gasteiger charge is 2.34. The molecule has 0 bridgehead atoms. The number of pyridine rings is 1. The van der Waals surface area contributed by atoms with Crippen molar-refractivity contribution in [3.8, 4) is 5.75 Å². The largest absolute Gasteiger partial charge is 0.484 e. The maximum atomic E-state index is 13.6. The van der Waals surface area contributed by atoms with Crippen LogP contribution in [0.3, 0.4) is 0 Å². The van der Waals surface area contributed by atoms with Crippen LogP contribution in [0.1, 0.15) is 40.6 Å². The number of aromatic nitrogens is 1. The van der Waals surface area contributed by atoms with Gasteiger partial charge in [0.15, 0.2) is 5.78 Å². The van der Waals surface area contributed by atoms with E-state index in [1.54, 1.807) is 0 Å². The van der Waals surface area contributed by atoms with Crippen LogP contribution in [0.5, 0.6) is 5.75 Å². The van der Waals surface area contributed by atoms with Crippen LogP contribution in [-0.4, -0.2) is 10.8 Å². The third-order valence-electron chi connectivity index (χ3n) is 3.65. The van der Waals surface area contributed by atoms with Gasteiger partial charge in [-0.25, -0.2) is 9.37 Å². The van der Waals surface area contributed by atoms with Crippen molar-refractivity contribution in [2.24, 2.45) is 0 Å². The molecular formula is C16H10ClF4NO2. The lowest BCUT2D eigenvalue weighted by Crippen LogP contribution is -2.21. The van der Waals surface area contributed by atoms with E-state index in [-0.39, 0.29) is 29.5 Å². The van der Waals surface area contributed by atoms with Crippen LogP contribution in [0, 0.1) is 5.82 Å². The molecule has 1 atom stereocenters. The molecule has 0 fully saturated rings. The summed E-state index contributed by atoms with van der Waals surface area (Å²) in [6.45, 7) is 0. The summed E-state index contributed by atoms with van der Waals surface area (Å²) in [7, 11) is 0. The molecule has 0 saturated carbocycles. The molecule has 1 aliphatic rings. The second-order valence-corrected chi connectivity index (χ2v) is 5.66. The topological polar surface area (TPSA) is 39.2 Å². The summed E-state index contributed by atoms with van der Waals surface area (Å²) in [5, 5.41) is 0.163. The molecule has 2 aromatic rings. The summed E-state index contributed by atoms with van der Waals surface area (Å²) in [5.74, 6) is -1.62. The van der Waals surface area contributed by atoms with Crippen molar-refractivity contribution in [1.82, 2.24) is 4.98 Å². The molecule has 0 radical (unpaired) electrons. The maximum Gasteiger partial charge on any atom is 0.419 e. The average molecular weight is 360 g/mol. The number of nitrogens with zero attached hydrogens (tertiary/aromatic N) is 1. The Bertz CT molecular complexity index is 807. The molecule has 126 valence electrons. The molecule has 3 nitrogen and oxygen atoms in total. The number of carbonyl (C=O) groups is 1. The van der Waals surface area contributed by atoms with Gasteiger partial charge >= 0.3 is 6.18 Å². The number of hydrogen-bond donors (Lipinski definition) is 0. The van der Waals surface area contributed by atoms with Gasteiger partial charge in [-0.3, -0.25) is 4.79 Å². The number of ketones is 1. The number of benzene rings is 1. The molecule has 1 heterocycles. The van der Waals surface area contributed by atoms with Gasteiger partial charge in [0.2, 0.25) is 0 Å². The highest BCUT2D eigenvalue weighted by molar-refractivity contribution is 6.29. The van der Waals surface area contributed by atoms with Gasteiger partial charge in [0.25, 0.3) is 0 Å². The maximum absolute atomic E-state index is 13.6. The molecule has 1 aromatic carbocycles. The van der Waals surface area contributed by atoms with Gasteiger partial charge in [0.05, 0.1) is 11.3 Å². The first kappa shape index (κ1) is 16.7. The van der Waals surface area contributed by atoms with Gasteiger partial charge in [0, 0.05) is 18.1 Å². The summed E-state index contributed by atoms with van der Waals surface area (Å²) in [6.07, 6.45) is -4.99. The van der Waals surface area contributed by atoms with Crippen LogP contribution in [-0.2, 0) is 6.18 Å². The van der Waals surface area contributed by atoms with Gasteiger partial charge in [-0.05, 0) is 30.7 Å². The number of halogens is 5. The van der Waals surface area contributed by atoms with Crippen molar-refractivity contribution in [3.63, 3.8) is 0 Å². The van der Waals surface area contributed by atoms with Crippen molar-refractivity contribution in [3.05, 3.63) is 58.1 Å². The molecule has 1 unspecified atom stereocenters. The highest BCUT2D eigenvalue weighted by Crippen LogP contribution is 2.36. The molecule has 0 amide bonds. The van der Waals surface area contributed by atoms with Gasteiger partial charge in [-0.2, -0.15) is 13.2 Å². The zero-order chi connectivity index (χ0) is 17.5. The minimum Gasteiger partial charge on any atom is -0.484 e. The second kappa shape index (κ2) is 6.05. The highest BCUT2D eigenvalue weighted by atomic mass is 35.5. The Hall–Kier alpha value is -2.15. The summed E-state index contributed by atoms with van der Waals surface area (Å²) in [5.41, 5.74) is -0.711. The predicted octanol–water partition coefficient (Wildman–Crippen LogP) is 4.99. The SMILES string of the molecule is O=C1CCC(Oc2ccc(C(F)(F)F)c(F)c2)c2nc(Cl)ccc21. The Kier molecular flexibility index (Phi) is 4.21. The minimum atomic E-state index is -4.78. The van der Waals surface area contributed by atoms with Crippen LogP contribution in [0.15, 0.2) is 30.3 Å². The first-order valence-corrected chi connectivity index (χ1v) is 7.36. The fourth-order valence-electron chi connectivity index (χ4n) is 2.54. The summed E-state index contributed by atoms with van der Waals surface area (Å²) < 4.78 is 56.9. The van der Waals surface area contributed by atoms with Crippen molar-refractivity contribution < 1.29 is 27.1 Å². The van der Waals surface area contributed by atoms with E-state index < -0.39 is 23.7 Å². The Morgan fingerprint density at radius 3 is 2.62 bits per heavy atom. The van der Waals surface area contributed by atoms with Crippen molar-refractivity contribution >= 4 is 17.4 Å². The molecular weight excluding hydrogens is 350 g/mol. The van der Waals surface area contributed by atoms with E-state index in [0.29, 0.717) is 23.4 Å². The molecule has 24 heavy (non-hydrogen) atoms. The third-order valence-corrected chi connectivity index (χ3v) is 3.86. The Morgan fingerprint density at radius 1 is 1.21 bits per heavy atom. The fraction of sp³-hybridized carbons (Fsp3) is 0.250. The van der Waals surface area contributed by atoms with E-state index in [1.165, 1.54) is 12.1 Å². The molecule has 8 heteroatoms. The molecule has 0 N–H and O–H groups in total. The lowest BCUT2D eigenvalue weighted by atomic mass is 9.92. The van der Waals surface area contributed by atoms with Gasteiger partial charge in [-0.1, -0.05) is 11.6 Å². The number of carbonyl (C=O) groups excluding carboxylic acids is 1. The smallest absolute Gasteiger partial charge is 0.419 e. The quantitative estimate of drug-likeness (QED) is 0.560. The lowest BCUT2D eigenvalue weighted by Gasteiger charge is -2.24. The number of Topliss-reactive ketones (excluding diaryl/α,β-unsaturated/α-hetero) is 1. The average Bonchev–Trinajstić information content (AvgIpc) is 2.49. The third kappa shape index (κ3) is 3.21. The molecule has 0 aliphatic heterocycles. The normalized spacial score (nSPS) is 17.5. The molecule has 0 spiro atoms. The van der Waals surface area contributed by atoms with Gasteiger partial charge in [-0.15, -0.1) is 0 Å². The standard InChI is InChI=1S/C16H10ClF4NO2/c17-14-6-2-9-12(23)4-5-13(15(9)22-14)24-8-1-3-10(11(18)7-8)16(19,20)21/h1-3,6-7,13H,4-5H2. The summed E-state index contributed by atoms with van der Waals surface area (Å²) in [4.78, 5) is 15.9. The van der Waals surface area contributed by atoms with E-state index in [0.717, 1.165) is 6.07 Å². The Labute approximate surface area is 139 Å². The zero-order valence-corrected chi connectivity index (χ0v) is 12.8. The van der Waals surface area contributed by atoms with E-state index in [1.807, 2.05) is 0 Å². The van der Waals surface area contributed by atoms with E-state index in [9.17, 15) is 22.4 Å². The first-order chi connectivity index (χ1) is 11.3.